The van der Waals surface area contributed by atoms with Gasteiger partial charge in [0.05, 0.1) is 0 Å². The van der Waals surface area contributed by atoms with Crippen molar-refractivity contribution >= 4 is 41.2 Å². The number of hydrogen-bond donors (Lipinski definition) is 0. The fourth-order valence-electron chi connectivity index (χ4n) is 1.47. The molecule has 1 aliphatic heterocycles. The molecule has 0 N–H and O–H groups in total. The molecule has 0 aromatic carbocycles. The van der Waals surface area contributed by atoms with Crippen LogP contribution in [0, 0.1) is 0 Å². The van der Waals surface area contributed by atoms with Crippen LogP contribution in [0.5, 0.6) is 0 Å². The summed E-state index contributed by atoms with van der Waals surface area (Å²) in [4.78, 5) is 0. The minimum Gasteiger partial charge on any atom is -0.0845 e. The molecule has 0 unspecified atom stereocenters. The van der Waals surface area contributed by atoms with Crippen LogP contribution in [0.4, 0.5) is 0 Å². The Morgan fingerprint density at radius 3 is 2.50 bits per heavy atom. The van der Waals surface area contributed by atoms with Crippen LogP contribution in [-0.4, -0.2) is 5.75 Å². The van der Waals surface area contributed by atoms with Gasteiger partial charge in [0, 0.05) is 5.75 Å². The summed E-state index contributed by atoms with van der Waals surface area (Å²) in [6, 6.07) is 0. The Balaban J connectivity index is 2.15. The van der Waals surface area contributed by atoms with Crippen LogP contribution >= 0.6 is 41.2 Å². The molecule has 1 rings (SSSR count). The van der Waals surface area contributed by atoms with E-state index in [1.165, 1.54) is 50.7 Å². The summed E-state index contributed by atoms with van der Waals surface area (Å²) in [5.74, 6) is 1.31. The molecule has 0 saturated heterocycles. The van der Waals surface area contributed by atoms with Gasteiger partial charge in [0.2, 0.25) is 0 Å². The minimum absolute atomic E-state index is 1.24. The van der Waals surface area contributed by atoms with Gasteiger partial charge in [-0.3, -0.25) is 0 Å². The van der Waals surface area contributed by atoms with Gasteiger partial charge in [0.15, 0.2) is 0 Å². The smallest absolute Gasteiger partial charge is 0.00454 e. The summed E-state index contributed by atoms with van der Waals surface area (Å²) in [6.07, 6.45) is 16.3. The van der Waals surface area contributed by atoms with Crippen LogP contribution in [0.15, 0.2) is 23.6 Å². The standard InChI is InChI=1S/C12H20S4/c1-2-4-6-8-10-12-14-16-15-13-11-9-7-5-3-1/h5,7,9,11H,1-4,6,8,10,12H2. The lowest BCUT2D eigenvalue weighted by Gasteiger charge is -2.01. The highest BCUT2D eigenvalue weighted by atomic mass is 33.7. The van der Waals surface area contributed by atoms with Crippen LogP contribution in [0.1, 0.15) is 44.9 Å². The summed E-state index contributed by atoms with van der Waals surface area (Å²) in [7, 11) is 7.59. The van der Waals surface area contributed by atoms with E-state index in [2.05, 4.69) is 23.6 Å². The predicted molar refractivity (Wildman–Crippen MR) is 85.8 cm³/mol. The molecule has 1 heterocycles. The van der Waals surface area contributed by atoms with E-state index in [0.717, 1.165) is 0 Å². The topological polar surface area (TPSA) is 0 Å². The van der Waals surface area contributed by atoms with Crippen molar-refractivity contribution in [2.75, 3.05) is 5.75 Å². The monoisotopic (exact) mass is 292 g/mol. The van der Waals surface area contributed by atoms with E-state index in [4.69, 9.17) is 0 Å². The van der Waals surface area contributed by atoms with Gasteiger partial charge < -0.3 is 0 Å². The van der Waals surface area contributed by atoms with Gasteiger partial charge >= 0.3 is 0 Å². The van der Waals surface area contributed by atoms with Crippen LogP contribution in [0.2, 0.25) is 0 Å². The Hall–Kier alpha value is 0.880. The van der Waals surface area contributed by atoms with Crippen molar-refractivity contribution in [3.63, 3.8) is 0 Å². The first kappa shape index (κ1) is 14.9. The van der Waals surface area contributed by atoms with Gasteiger partial charge in [-0.05, 0) is 44.3 Å². The quantitative estimate of drug-likeness (QED) is 0.468. The molecule has 0 aromatic heterocycles. The van der Waals surface area contributed by atoms with E-state index in [1.54, 1.807) is 0 Å². The summed E-state index contributed by atoms with van der Waals surface area (Å²) < 4.78 is 0. The number of allylic oxidation sites excluding steroid dienone is 3. The van der Waals surface area contributed by atoms with E-state index in [0.29, 0.717) is 0 Å². The van der Waals surface area contributed by atoms with Crippen molar-refractivity contribution in [3.8, 4) is 0 Å². The maximum Gasteiger partial charge on any atom is 0.00454 e. The average molecular weight is 293 g/mol. The molecule has 0 amide bonds. The first-order valence-corrected chi connectivity index (χ1v) is 11.0. The predicted octanol–water partition coefficient (Wildman–Crippen LogP) is 6.48. The maximum atomic E-state index is 2.29. The molecule has 0 spiro atoms. The van der Waals surface area contributed by atoms with Crippen molar-refractivity contribution in [3.05, 3.63) is 23.6 Å². The Kier molecular flexibility index (Phi) is 11.5. The van der Waals surface area contributed by atoms with Crippen LogP contribution < -0.4 is 0 Å². The second kappa shape index (κ2) is 12.3. The molecular formula is C12H20S4. The third kappa shape index (κ3) is 10.1. The molecule has 0 bridgehead atoms. The number of rotatable bonds is 0. The zero-order valence-corrected chi connectivity index (χ0v) is 12.9. The lowest BCUT2D eigenvalue weighted by Crippen LogP contribution is -1.81. The third-order valence-electron chi connectivity index (χ3n) is 2.34. The molecule has 0 aliphatic carbocycles. The van der Waals surface area contributed by atoms with Gasteiger partial charge in [-0.15, -0.1) is 0 Å². The molecule has 0 aromatic rings. The highest BCUT2D eigenvalue weighted by Gasteiger charge is 1.94. The summed E-state index contributed by atoms with van der Waals surface area (Å²) in [5.41, 5.74) is 0. The molecular weight excluding hydrogens is 272 g/mol. The fraction of sp³-hybridized carbons (Fsp3) is 0.667. The van der Waals surface area contributed by atoms with E-state index >= 15 is 0 Å². The Labute approximate surface area is 115 Å². The van der Waals surface area contributed by atoms with Gasteiger partial charge in [0.25, 0.3) is 0 Å². The Morgan fingerprint density at radius 1 is 0.750 bits per heavy atom. The van der Waals surface area contributed by atoms with Crippen LogP contribution in [0.25, 0.3) is 0 Å². The molecule has 4 heteroatoms. The SMILES string of the molecule is C1=CCCCCCCCCSSSSC=C1. The Morgan fingerprint density at radius 2 is 1.56 bits per heavy atom. The molecule has 0 nitrogen and oxygen atoms in total. The van der Waals surface area contributed by atoms with Gasteiger partial charge in [-0.1, -0.05) is 65.5 Å². The summed E-state index contributed by atoms with van der Waals surface area (Å²) in [6.45, 7) is 0. The highest BCUT2D eigenvalue weighted by molar-refractivity contribution is 9.26. The maximum absolute atomic E-state index is 2.29. The fourth-order valence-corrected chi connectivity index (χ4v) is 6.83. The van der Waals surface area contributed by atoms with Crippen molar-refractivity contribution in [2.45, 2.75) is 44.9 Å². The molecule has 1 aliphatic rings. The first-order valence-electron chi connectivity index (χ1n) is 5.93. The van der Waals surface area contributed by atoms with E-state index in [9.17, 15) is 0 Å². The van der Waals surface area contributed by atoms with Gasteiger partial charge in [-0.25, -0.2) is 0 Å². The molecule has 0 fully saturated rings. The molecule has 0 saturated carbocycles. The zero-order chi connectivity index (χ0) is 11.3. The normalized spacial score (nSPS) is 22.0. The lowest BCUT2D eigenvalue weighted by molar-refractivity contribution is 0.613. The zero-order valence-electron chi connectivity index (χ0n) is 9.60. The largest absolute Gasteiger partial charge is 0.0845 e. The highest BCUT2D eigenvalue weighted by Crippen LogP contribution is 2.43. The van der Waals surface area contributed by atoms with E-state index < -0.39 is 0 Å². The summed E-state index contributed by atoms with van der Waals surface area (Å²) in [5, 5.41) is 2.17. The molecule has 0 atom stereocenters. The van der Waals surface area contributed by atoms with Crippen LogP contribution in [0.3, 0.4) is 0 Å². The van der Waals surface area contributed by atoms with Crippen molar-refractivity contribution in [1.82, 2.24) is 0 Å². The van der Waals surface area contributed by atoms with Gasteiger partial charge in [0.1, 0.15) is 0 Å². The molecule has 0 radical (unpaired) electrons. The molecule has 92 valence electrons. The minimum atomic E-state index is 1.24. The average Bonchev–Trinajstić information content (AvgIpc) is 2.29. The molecule has 16 heavy (non-hydrogen) atoms. The summed E-state index contributed by atoms with van der Waals surface area (Å²) >= 11 is 0. The third-order valence-corrected chi connectivity index (χ3v) is 8.40. The van der Waals surface area contributed by atoms with Gasteiger partial charge in [-0.2, -0.15) is 0 Å². The second-order valence-corrected chi connectivity index (χ2v) is 9.65. The van der Waals surface area contributed by atoms with Crippen molar-refractivity contribution in [2.24, 2.45) is 0 Å². The first-order chi connectivity index (χ1) is 8.00. The Bertz CT molecular complexity index is 179. The van der Waals surface area contributed by atoms with Crippen molar-refractivity contribution < 1.29 is 0 Å². The van der Waals surface area contributed by atoms with Crippen LogP contribution in [-0.2, 0) is 0 Å². The van der Waals surface area contributed by atoms with Crippen molar-refractivity contribution in [1.29, 1.82) is 0 Å². The van der Waals surface area contributed by atoms with E-state index in [1.807, 2.05) is 41.2 Å². The number of hydrogen-bond acceptors (Lipinski definition) is 4. The lowest BCUT2D eigenvalue weighted by atomic mass is 10.1. The second-order valence-electron chi connectivity index (χ2n) is 3.72. The van der Waals surface area contributed by atoms with E-state index in [-0.39, 0.29) is 0 Å².